The molecule has 0 aromatic carbocycles. The highest BCUT2D eigenvalue weighted by atomic mass is 127. The molecule has 0 saturated heterocycles. The van der Waals surface area contributed by atoms with Crippen LogP contribution in [0.5, 0.6) is 0 Å². The van der Waals surface area contributed by atoms with Crippen LogP contribution in [-0.4, -0.2) is 16.1 Å². The van der Waals surface area contributed by atoms with E-state index in [9.17, 15) is 0 Å². The molecule has 0 radical (unpaired) electrons. The first-order valence-electron chi connectivity index (χ1n) is 4.16. The number of nitrogens with zero attached hydrogens (tertiary/aromatic N) is 2. The third-order valence-corrected chi connectivity index (χ3v) is 3.14. The molecule has 12 heavy (non-hydrogen) atoms. The lowest BCUT2D eigenvalue weighted by molar-refractivity contribution is 0.441. The van der Waals surface area contributed by atoms with Crippen LogP contribution >= 0.6 is 22.6 Å². The summed E-state index contributed by atoms with van der Waals surface area (Å²) in [5.41, 5.74) is 1.35. The number of aromatic nitrogens is 2. The summed E-state index contributed by atoms with van der Waals surface area (Å²) in [6.07, 6.45) is 0. The van der Waals surface area contributed by atoms with Gasteiger partial charge in [0.05, 0.1) is 5.69 Å². The molecule has 1 aliphatic rings. The second-order valence-corrected chi connectivity index (χ2v) is 4.18. The van der Waals surface area contributed by atoms with Crippen LogP contribution < -0.4 is 5.32 Å². The lowest BCUT2D eigenvalue weighted by Gasteiger charge is -2.23. The zero-order valence-corrected chi connectivity index (χ0v) is 9.42. The molecule has 66 valence electrons. The summed E-state index contributed by atoms with van der Waals surface area (Å²) in [4.78, 5) is 4.45. The van der Waals surface area contributed by atoms with E-state index >= 15 is 0 Å². The first-order valence-corrected chi connectivity index (χ1v) is 5.24. The first-order chi connectivity index (χ1) is 5.70. The second kappa shape index (κ2) is 2.99. The maximum absolute atomic E-state index is 4.45. The summed E-state index contributed by atoms with van der Waals surface area (Å²) in [6, 6.07) is 0.451. The van der Waals surface area contributed by atoms with Crippen molar-refractivity contribution in [1.29, 1.82) is 0 Å². The molecule has 0 bridgehead atoms. The summed E-state index contributed by atoms with van der Waals surface area (Å²) < 4.78 is 3.45. The SMILES string of the molecule is Cc1nc(I)c2n1CCNC2C. The number of halogens is 1. The standard InChI is InChI=1S/C8H12IN3/c1-5-7-8(9)11-6(2)12(7)4-3-10-5/h5,10H,3-4H2,1-2H3. The van der Waals surface area contributed by atoms with E-state index < -0.39 is 0 Å². The smallest absolute Gasteiger partial charge is 0.124 e. The zero-order valence-electron chi connectivity index (χ0n) is 7.26. The van der Waals surface area contributed by atoms with Crippen molar-refractivity contribution in [1.82, 2.24) is 14.9 Å². The van der Waals surface area contributed by atoms with Crippen molar-refractivity contribution in [2.75, 3.05) is 6.54 Å². The van der Waals surface area contributed by atoms with Crippen LogP contribution in [0.2, 0.25) is 0 Å². The lowest BCUT2D eigenvalue weighted by atomic mass is 10.2. The summed E-state index contributed by atoms with van der Waals surface area (Å²) in [5, 5.41) is 3.43. The molecule has 0 saturated carbocycles. The number of imidazole rings is 1. The van der Waals surface area contributed by atoms with E-state index in [4.69, 9.17) is 0 Å². The quantitative estimate of drug-likeness (QED) is 0.728. The third kappa shape index (κ3) is 1.17. The number of hydrogen-bond acceptors (Lipinski definition) is 2. The number of fused-ring (bicyclic) bond motifs is 1. The monoisotopic (exact) mass is 277 g/mol. The minimum absolute atomic E-state index is 0.451. The fourth-order valence-corrected chi connectivity index (χ4v) is 2.84. The van der Waals surface area contributed by atoms with Crippen LogP contribution in [0.15, 0.2) is 0 Å². The summed E-state index contributed by atoms with van der Waals surface area (Å²) in [7, 11) is 0. The molecular weight excluding hydrogens is 265 g/mol. The third-order valence-electron chi connectivity index (χ3n) is 2.35. The molecule has 3 nitrogen and oxygen atoms in total. The molecule has 1 N–H and O–H groups in total. The van der Waals surface area contributed by atoms with Gasteiger partial charge in [-0.2, -0.15) is 0 Å². The highest BCUT2D eigenvalue weighted by Crippen LogP contribution is 2.23. The van der Waals surface area contributed by atoms with Crippen molar-refractivity contribution < 1.29 is 0 Å². The van der Waals surface area contributed by atoms with E-state index in [1.165, 1.54) is 5.69 Å². The molecule has 0 spiro atoms. The Morgan fingerprint density at radius 2 is 2.42 bits per heavy atom. The van der Waals surface area contributed by atoms with E-state index in [2.05, 4.69) is 51.3 Å². The number of hydrogen-bond donors (Lipinski definition) is 1. The Kier molecular flexibility index (Phi) is 2.12. The predicted molar refractivity (Wildman–Crippen MR) is 56.1 cm³/mol. The van der Waals surface area contributed by atoms with Gasteiger partial charge in [-0.05, 0) is 36.4 Å². The molecule has 0 aliphatic carbocycles. The molecule has 1 aliphatic heterocycles. The van der Waals surface area contributed by atoms with Gasteiger partial charge < -0.3 is 9.88 Å². The maximum atomic E-state index is 4.45. The van der Waals surface area contributed by atoms with Crippen LogP contribution in [0.1, 0.15) is 24.5 Å². The molecule has 0 fully saturated rings. The minimum Gasteiger partial charge on any atom is -0.329 e. The van der Waals surface area contributed by atoms with Crippen molar-refractivity contribution >= 4 is 22.6 Å². The van der Waals surface area contributed by atoms with Gasteiger partial charge in [-0.1, -0.05) is 0 Å². The molecule has 2 rings (SSSR count). The summed E-state index contributed by atoms with van der Waals surface area (Å²) in [5.74, 6) is 1.14. The Morgan fingerprint density at radius 3 is 3.08 bits per heavy atom. The van der Waals surface area contributed by atoms with Gasteiger partial charge in [0.25, 0.3) is 0 Å². The topological polar surface area (TPSA) is 29.9 Å². The highest BCUT2D eigenvalue weighted by molar-refractivity contribution is 14.1. The number of nitrogens with one attached hydrogen (secondary N) is 1. The van der Waals surface area contributed by atoms with Crippen LogP contribution in [0, 0.1) is 10.6 Å². The normalized spacial score (nSPS) is 22.4. The first kappa shape index (κ1) is 8.50. The van der Waals surface area contributed by atoms with E-state index in [1.807, 2.05) is 0 Å². The van der Waals surface area contributed by atoms with Gasteiger partial charge in [-0.3, -0.25) is 0 Å². The van der Waals surface area contributed by atoms with Crippen LogP contribution in [0.3, 0.4) is 0 Å². The number of rotatable bonds is 0. The van der Waals surface area contributed by atoms with Gasteiger partial charge in [0.1, 0.15) is 9.53 Å². The summed E-state index contributed by atoms with van der Waals surface area (Å²) in [6.45, 7) is 6.38. The van der Waals surface area contributed by atoms with Crippen LogP contribution in [-0.2, 0) is 6.54 Å². The van der Waals surface area contributed by atoms with Gasteiger partial charge in [0, 0.05) is 19.1 Å². The van der Waals surface area contributed by atoms with Crippen molar-refractivity contribution in [3.63, 3.8) is 0 Å². The van der Waals surface area contributed by atoms with Gasteiger partial charge >= 0.3 is 0 Å². The molecule has 1 aromatic heterocycles. The predicted octanol–water partition coefficient (Wildman–Crippen LogP) is 1.46. The van der Waals surface area contributed by atoms with Gasteiger partial charge in [-0.15, -0.1) is 0 Å². The fourth-order valence-electron chi connectivity index (χ4n) is 1.73. The minimum atomic E-state index is 0.451. The molecule has 2 heterocycles. The molecule has 1 atom stereocenters. The van der Waals surface area contributed by atoms with Gasteiger partial charge in [0.15, 0.2) is 0 Å². The Labute approximate surface area is 85.7 Å². The molecular formula is C8H12IN3. The van der Waals surface area contributed by atoms with E-state index in [0.717, 1.165) is 22.6 Å². The van der Waals surface area contributed by atoms with Crippen molar-refractivity contribution in [3.8, 4) is 0 Å². The van der Waals surface area contributed by atoms with E-state index in [1.54, 1.807) is 0 Å². The molecule has 1 unspecified atom stereocenters. The Morgan fingerprint density at radius 1 is 1.67 bits per heavy atom. The lowest BCUT2D eigenvalue weighted by Crippen LogP contribution is -2.32. The fraction of sp³-hybridized carbons (Fsp3) is 0.625. The highest BCUT2D eigenvalue weighted by Gasteiger charge is 2.21. The number of aryl methyl sites for hydroxylation is 1. The van der Waals surface area contributed by atoms with Crippen LogP contribution in [0.4, 0.5) is 0 Å². The Balaban J connectivity index is 2.55. The van der Waals surface area contributed by atoms with Crippen molar-refractivity contribution in [2.24, 2.45) is 0 Å². The van der Waals surface area contributed by atoms with Gasteiger partial charge in [0.2, 0.25) is 0 Å². The average Bonchev–Trinajstić information content (AvgIpc) is 2.29. The zero-order chi connectivity index (χ0) is 8.72. The Hall–Kier alpha value is -0.100. The average molecular weight is 277 g/mol. The molecule has 0 amide bonds. The largest absolute Gasteiger partial charge is 0.329 e. The van der Waals surface area contributed by atoms with Crippen LogP contribution in [0.25, 0.3) is 0 Å². The summed E-state index contributed by atoms with van der Waals surface area (Å²) >= 11 is 2.31. The Bertz CT molecular complexity index is 305. The second-order valence-electron chi connectivity index (χ2n) is 3.16. The maximum Gasteiger partial charge on any atom is 0.124 e. The van der Waals surface area contributed by atoms with Crippen molar-refractivity contribution in [2.45, 2.75) is 26.4 Å². The molecule has 4 heteroatoms. The van der Waals surface area contributed by atoms with E-state index in [0.29, 0.717) is 6.04 Å². The van der Waals surface area contributed by atoms with Gasteiger partial charge in [-0.25, -0.2) is 4.98 Å². The molecule has 1 aromatic rings. The van der Waals surface area contributed by atoms with Crippen molar-refractivity contribution in [3.05, 3.63) is 15.2 Å². The van der Waals surface area contributed by atoms with E-state index in [-0.39, 0.29) is 0 Å².